The lowest BCUT2D eigenvalue weighted by Crippen LogP contribution is -2.56. The first-order valence-corrected chi connectivity index (χ1v) is 9.51. The number of nitrogens with one attached hydrogen (secondary N) is 1. The third kappa shape index (κ3) is 5.60. The highest BCUT2D eigenvalue weighted by Gasteiger charge is 2.41. The maximum absolute atomic E-state index is 12.9. The fraction of sp³-hybridized carbons (Fsp3) is 0.529. The topological polar surface area (TPSA) is 56.9 Å². The van der Waals surface area contributed by atoms with Crippen molar-refractivity contribution in [3.8, 4) is 10.8 Å². The number of nitrogens with zero attached hydrogens (tertiary/aromatic N) is 4. The molecule has 0 radical (unpaired) electrons. The van der Waals surface area contributed by atoms with Crippen molar-refractivity contribution >= 4 is 41.3 Å². The molecule has 1 unspecified atom stereocenters. The van der Waals surface area contributed by atoms with Gasteiger partial charge in [0.1, 0.15) is 12.3 Å². The average Bonchev–Trinajstić information content (AvgIpc) is 3.33. The first kappa shape index (κ1) is 22.9. The van der Waals surface area contributed by atoms with E-state index in [1.165, 1.54) is 11.8 Å². The summed E-state index contributed by atoms with van der Waals surface area (Å²) < 4.78 is 44.1. The molecule has 0 aromatic carbocycles. The minimum Gasteiger partial charge on any atom is -0.443 e. The smallest absolute Gasteiger partial charge is 0.403 e. The monoisotopic (exact) mass is 529 g/mol. The Kier molecular flexibility index (Phi) is 8.13. The van der Waals surface area contributed by atoms with Gasteiger partial charge in [-0.25, -0.2) is 4.98 Å². The van der Waals surface area contributed by atoms with Gasteiger partial charge in [-0.1, -0.05) is 6.07 Å². The van der Waals surface area contributed by atoms with Crippen LogP contribution in [0.5, 0.6) is 0 Å². The third-order valence-corrected chi connectivity index (χ3v) is 5.42. The fourth-order valence-electron chi connectivity index (χ4n) is 2.93. The van der Waals surface area contributed by atoms with Crippen LogP contribution in [-0.2, 0) is 6.54 Å². The van der Waals surface area contributed by atoms with E-state index in [2.05, 4.69) is 15.3 Å². The van der Waals surface area contributed by atoms with E-state index >= 15 is 0 Å². The molecule has 6 nitrogen and oxygen atoms in total. The number of aliphatic imine (C=N–C) groups is 1. The van der Waals surface area contributed by atoms with Gasteiger partial charge < -0.3 is 14.6 Å². The Balaban J connectivity index is 0.00000280. The molecule has 0 bridgehead atoms. The molecule has 1 aliphatic rings. The Morgan fingerprint density at radius 3 is 2.64 bits per heavy atom. The summed E-state index contributed by atoms with van der Waals surface area (Å²) in [5.74, 6) is 1.22. The standard InChI is InChI=1S/C17H22F3N5OS.HI/c1-12(17(18,19)20)24-5-7-25(8-6-24)16(21-2)22-10-13-11-26-15(23-13)14-4-3-9-27-14;/h3-4,9,11-12H,5-8,10H2,1-2H3,(H,21,22);1H. The van der Waals surface area contributed by atoms with Gasteiger partial charge >= 0.3 is 6.18 Å². The molecular weight excluding hydrogens is 506 g/mol. The van der Waals surface area contributed by atoms with Crippen LogP contribution in [0, 0.1) is 0 Å². The molecule has 0 amide bonds. The number of hydrogen-bond donors (Lipinski definition) is 1. The van der Waals surface area contributed by atoms with Crippen molar-refractivity contribution in [2.45, 2.75) is 25.7 Å². The largest absolute Gasteiger partial charge is 0.443 e. The number of oxazole rings is 1. The Hall–Kier alpha value is -1.34. The lowest BCUT2D eigenvalue weighted by Gasteiger charge is -2.39. The molecule has 0 spiro atoms. The SMILES string of the molecule is CN=C(NCc1coc(-c2cccs2)n1)N1CCN(C(C)C(F)(F)F)CC1.I. The third-order valence-electron chi connectivity index (χ3n) is 4.56. The van der Waals surface area contributed by atoms with Crippen LogP contribution in [0.1, 0.15) is 12.6 Å². The highest BCUT2D eigenvalue weighted by molar-refractivity contribution is 14.0. The Morgan fingerprint density at radius 1 is 1.36 bits per heavy atom. The minimum atomic E-state index is -4.20. The van der Waals surface area contributed by atoms with Crippen LogP contribution in [-0.4, -0.2) is 66.2 Å². The van der Waals surface area contributed by atoms with Crippen LogP contribution in [0.4, 0.5) is 13.2 Å². The summed E-state index contributed by atoms with van der Waals surface area (Å²) in [6.45, 7) is 3.29. The van der Waals surface area contributed by atoms with Gasteiger partial charge in [0, 0.05) is 33.2 Å². The van der Waals surface area contributed by atoms with Crippen LogP contribution in [0.2, 0.25) is 0 Å². The van der Waals surface area contributed by atoms with Crippen LogP contribution in [0.3, 0.4) is 0 Å². The van der Waals surface area contributed by atoms with Gasteiger partial charge in [-0.05, 0) is 18.4 Å². The zero-order valence-corrected chi connectivity index (χ0v) is 18.7. The predicted molar refractivity (Wildman–Crippen MR) is 114 cm³/mol. The summed E-state index contributed by atoms with van der Waals surface area (Å²) in [5.41, 5.74) is 0.740. The van der Waals surface area contributed by atoms with E-state index in [1.54, 1.807) is 24.6 Å². The molecule has 156 valence electrons. The van der Waals surface area contributed by atoms with E-state index in [9.17, 15) is 13.2 Å². The molecule has 2 aromatic rings. The van der Waals surface area contributed by atoms with Gasteiger partial charge in [0.05, 0.1) is 17.1 Å². The molecule has 1 atom stereocenters. The second kappa shape index (κ2) is 9.92. The lowest BCUT2D eigenvalue weighted by atomic mass is 10.2. The van der Waals surface area contributed by atoms with Crippen LogP contribution >= 0.6 is 35.3 Å². The number of piperazine rings is 1. The van der Waals surface area contributed by atoms with Crippen LogP contribution < -0.4 is 5.32 Å². The van der Waals surface area contributed by atoms with E-state index in [0.717, 1.165) is 10.6 Å². The molecule has 11 heteroatoms. The number of alkyl halides is 3. The van der Waals surface area contributed by atoms with Crippen molar-refractivity contribution in [2.24, 2.45) is 4.99 Å². The number of guanidine groups is 1. The maximum Gasteiger partial charge on any atom is 0.403 e. The molecule has 1 aliphatic heterocycles. The zero-order valence-electron chi connectivity index (χ0n) is 15.6. The number of aromatic nitrogens is 1. The Bertz CT molecular complexity index is 757. The normalized spacial score (nSPS) is 17.3. The van der Waals surface area contributed by atoms with Gasteiger partial charge in [0.15, 0.2) is 5.96 Å². The first-order chi connectivity index (χ1) is 12.9. The predicted octanol–water partition coefficient (Wildman–Crippen LogP) is 3.66. The quantitative estimate of drug-likeness (QED) is 0.373. The van der Waals surface area contributed by atoms with Gasteiger partial charge in [-0.3, -0.25) is 9.89 Å². The second-order valence-electron chi connectivity index (χ2n) is 6.26. The molecule has 1 fully saturated rings. The summed E-state index contributed by atoms with van der Waals surface area (Å²) >= 11 is 1.55. The van der Waals surface area contributed by atoms with Crippen LogP contribution in [0.25, 0.3) is 10.8 Å². The fourth-order valence-corrected chi connectivity index (χ4v) is 3.59. The highest BCUT2D eigenvalue weighted by atomic mass is 127. The lowest BCUT2D eigenvalue weighted by molar-refractivity contribution is -0.181. The molecular formula is C17H23F3IN5OS. The van der Waals surface area contributed by atoms with Gasteiger partial charge in [-0.2, -0.15) is 13.2 Å². The van der Waals surface area contributed by atoms with Crippen molar-refractivity contribution in [1.82, 2.24) is 20.1 Å². The summed E-state index contributed by atoms with van der Waals surface area (Å²) in [6.07, 6.45) is -2.60. The molecule has 3 rings (SSSR count). The Labute approximate surface area is 182 Å². The molecule has 28 heavy (non-hydrogen) atoms. The van der Waals surface area contributed by atoms with Crippen molar-refractivity contribution in [3.05, 3.63) is 29.5 Å². The molecule has 0 aliphatic carbocycles. The summed E-state index contributed by atoms with van der Waals surface area (Å²) in [7, 11) is 1.66. The highest BCUT2D eigenvalue weighted by Crippen LogP contribution is 2.25. The molecule has 1 N–H and O–H groups in total. The van der Waals surface area contributed by atoms with E-state index in [-0.39, 0.29) is 24.0 Å². The molecule has 2 aromatic heterocycles. The number of thiophene rings is 1. The van der Waals surface area contributed by atoms with Gasteiger partial charge in [0.2, 0.25) is 5.89 Å². The summed E-state index contributed by atoms with van der Waals surface area (Å²) in [5, 5.41) is 5.16. The van der Waals surface area contributed by atoms with E-state index < -0.39 is 12.2 Å². The minimum absolute atomic E-state index is 0. The average molecular weight is 529 g/mol. The second-order valence-corrected chi connectivity index (χ2v) is 7.21. The van der Waals surface area contributed by atoms with E-state index in [4.69, 9.17) is 4.42 Å². The molecule has 3 heterocycles. The summed E-state index contributed by atoms with van der Waals surface area (Å²) in [6, 6.07) is 2.44. The van der Waals surface area contributed by atoms with Crippen molar-refractivity contribution in [3.63, 3.8) is 0 Å². The number of halogens is 4. The van der Waals surface area contributed by atoms with Gasteiger partial charge in [-0.15, -0.1) is 35.3 Å². The van der Waals surface area contributed by atoms with E-state index in [0.29, 0.717) is 44.6 Å². The number of rotatable bonds is 4. The van der Waals surface area contributed by atoms with Crippen molar-refractivity contribution in [2.75, 3.05) is 33.2 Å². The van der Waals surface area contributed by atoms with Crippen molar-refractivity contribution < 1.29 is 17.6 Å². The van der Waals surface area contributed by atoms with E-state index in [1.807, 2.05) is 22.4 Å². The molecule has 1 saturated heterocycles. The number of hydrogen-bond acceptors (Lipinski definition) is 5. The molecule has 0 saturated carbocycles. The summed E-state index contributed by atoms with van der Waals surface area (Å²) in [4.78, 5) is 13.0. The zero-order chi connectivity index (χ0) is 19.4. The first-order valence-electron chi connectivity index (χ1n) is 8.63. The van der Waals surface area contributed by atoms with Crippen LogP contribution in [0.15, 0.2) is 33.2 Å². The Morgan fingerprint density at radius 2 is 2.07 bits per heavy atom. The van der Waals surface area contributed by atoms with Crippen molar-refractivity contribution in [1.29, 1.82) is 0 Å². The van der Waals surface area contributed by atoms with Gasteiger partial charge in [0.25, 0.3) is 0 Å². The maximum atomic E-state index is 12.9.